The number of hydrogen-bond donors (Lipinski definition) is 1. The van der Waals surface area contributed by atoms with Crippen molar-refractivity contribution in [1.29, 1.82) is 0 Å². The van der Waals surface area contributed by atoms with Crippen LogP contribution in [0, 0.1) is 16.0 Å². The molecule has 9 heteroatoms. The first-order valence-electron chi connectivity index (χ1n) is 7.59. The molecule has 0 unspecified atom stereocenters. The van der Waals surface area contributed by atoms with E-state index in [1.54, 1.807) is 6.92 Å². The number of ether oxygens (including phenoxy) is 1. The number of carbonyl (C=O) groups excluding carboxylic acids is 2. The fourth-order valence-corrected chi connectivity index (χ4v) is 2.73. The Labute approximate surface area is 143 Å². The number of anilines is 1. The topological polar surface area (TPSA) is 102 Å². The molecule has 2 rings (SSSR count). The first kappa shape index (κ1) is 18.0. The van der Waals surface area contributed by atoms with E-state index in [-0.39, 0.29) is 34.8 Å². The van der Waals surface area contributed by atoms with E-state index in [2.05, 4.69) is 5.32 Å². The smallest absolute Gasteiger partial charge is 0.321 e. The van der Waals surface area contributed by atoms with E-state index in [0.717, 1.165) is 0 Å². The second-order valence-corrected chi connectivity index (χ2v) is 5.80. The van der Waals surface area contributed by atoms with Crippen LogP contribution in [0.5, 0.6) is 0 Å². The normalized spacial score (nSPS) is 17.2. The van der Waals surface area contributed by atoms with E-state index in [9.17, 15) is 19.7 Å². The van der Waals surface area contributed by atoms with Gasteiger partial charge in [0.25, 0.3) is 5.69 Å². The Balaban J connectivity index is 2.03. The fourth-order valence-electron chi connectivity index (χ4n) is 2.55. The number of amides is 2. The van der Waals surface area contributed by atoms with Crippen LogP contribution in [0.15, 0.2) is 18.2 Å². The highest BCUT2D eigenvalue weighted by atomic mass is 35.5. The quantitative estimate of drug-likeness (QED) is 0.508. The molecule has 0 aromatic heterocycles. The summed E-state index contributed by atoms with van der Waals surface area (Å²) in [6, 6.07) is 3.63. The van der Waals surface area contributed by atoms with E-state index in [1.165, 1.54) is 23.1 Å². The van der Waals surface area contributed by atoms with Crippen molar-refractivity contribution in [2.75, 3.05) is 25.0 Å². The zero-order valence-electron chi connectivity index (χ0n) is 13.2. The number of piperidine rings is 1. The molecule has 1 aliphatic rings. The molecule has 1 aromatic carbocycles. The molecule has 1 aliphatic heterocycles. The molecule has 0 aliphatic carbocycles. The van der Waals surface area contributed by atoms with Gasteiger partial charge in [0, 0.05) is 24.8 Å². The number of benzene rings is 1. The Bertz CT molecular complexity index is 652. The highest BCUT2D eigenvalue weighted by Gasteiger charge is 2.29. The summed E-state index contributed by atoms with van der Waals surface area (Å²) in [6.45, 7) is 2.81. The van der Waals surface area contributed by atoms with E-state index in [0.29, 0.717) is 26.0 Å². The zero-order chi connectivity index (χ0) is 17.7. The summed E-state index contributed by atoms with van der Waals surface area (Å²) in [6.07, 6.45) is 1.37. The maximum Gasteiger partial charge on any atom is 0.321 e. The molecule has 1 atom stereocenters. The first-order chi connectivity index (χ1) is 11.4. The average Bonchev–Trinajstić information content (AvgIpc) is 2.56. The number of nitrogens with zero attached hydrogens (tertiary/aromatic N) is 2. The molecule has 130 valence electrons. The van der Waals surface area contributed by atoms with Crippen LogP contribution < -0.4 is 5.32 Å². The summed E-state index contributed by atoms with van der Waals surface area (Å²) in [5.74, 6) is -0.652. The lowest BCUT2D eigenvalue weighted by atomic mass is 9.98. The number of carbonyl (C=O) groups is 2. The second kappa shape index (κ2) is 7.96. The van der Waals surface area contributed by atoms with Gasteiger partial charge in [-0.3, -0.25) is 14.9 Å². The van der Waals surface area contributed by atoms with Gasteiger partial charge in [-0.2, -0.15) is 0 Å². The minimum Gasteiger partial charge on any atom is -0.466 e. The Hall–Kier alpha value is -2.35. The van der Waals surface area contributed by atoms with Crippen molar-refractivity contribution in [1.82, 2.24) is 4.90 Å². The van der Waals surface area contributed by atoms with Crippen molar-refractivity contribution in [3.8, 4) is 0 Å². The molecule has 1 aromatic rings. The molecule has 0 radical (unpaired) electrons. The number of nitro groups is 1. The van der Waals surface area contributed by atoms with Gasteiger partial charge in [0.15, 0.2) is 0 Å². The van der Waals surface area contributed by atoms with Crippen molar-refractivity contribution in [3.63, 3.8) is 0 Å². The number of urea groups is 1. The van der Waals surface area contributed by atoms with E-state index < -0.39 is 11.0 Å². The molecule has 0 bridgehead atoms. The molecular formula is C15H18ClN3O5. The van der Waals surface area contributed by atoms with Gasteiger partial charge < -0.3 is 15.0 Å². The van der Waals surface area contributed by atoms with Gasteiger partial charge in [-0.1, -0.05) is 11.6 Å². The number of nitrogens with one attached hydrogen (secondary N) is 1. The largest absolute Gasteiger partial charge is 0.466 e. The van der Waals surface area contributed by atoms with Crippen molar-refractivity contribution in [3.05, 3.63) is 33.3 Å². The van der Waals surface area contributed by atoms with Crippen LogP contribution in [0.4, 0.5) is 16.2 Å². The SMILES string of the molecule is CCOC(=O)[C@@H]1CCCN(C(=O)Nc2ccc(Cl)c([N+](=O)[O-])c2)C1. The lowest BCUT2D eigenvalue weighted by Crippen LogP contribution is -2.44. The molecule has 1 heterocycles. The van der Waals surface area contributed by atoms with Crippen LogP contribution in [0.25, 0.3) is 0 Å². The Morgan fingerprint density at radius 2 is 2.25 bits per heavy atom. The second-order valence-electron chi connectivity index (χ2n) is 5.39. The van der Waals surface area contributed by atoms with Gasteiger partial charge in [0.05, 0.1) is 17.4 Å². The predicted octanol–water partition coefficient (Wildman–Crippen LogP) is 3.06. The molecular weight excluding hydrogens is 338 g/mol. The van der Waals surface area contributed by atoms with Gasteiger partial charge in [0.1, 0.15) is 5.02 Å². The minimum atomic E-state index is -0.615. The molecule has 0 saturated carbocycles. The highest BCUT2D eigenvalue weighted by Crippen LogP contribution is 2.28. The summed E-state index contributed by atoms with van der Waals surface area (Å²) in [5.41, 5.74) is -0.00753. The van der Waals surface area contributed by atoms with Crippen LogP contribution in [0.1, 0.15) is 19.8 Å². The summed E-state index contributed by atoms with van der Waals surface area (Å²) < 4.78 is 5.00. The van der Waals surface area contributed by atoms with Gasteiger partial charge >= 0.3 is 12.0 Å². The van der Waals surface area contributed by atoms with Gasteiger partial charge in [-0.05, 0) is 31.9 Å². The minimum absolute atomic E-state index is 0.00153. The van der Waals surface area contributed by atoms with Crippen molar-refractivity contribution in [2.24, 2.45) is 5.92 Å². The van der Waals surface area contributed by atoms with Crippen molar-refractivity contribution < 1.29 is 19.2 Å². The summed E-state index contributed by atoms with van der Waals surface area (Å²) in [4.78, 5) is 35.9. The standard InChI is InChI=1S/C15H18ClN3O5/c1-2-24-14(20)10-4-3-7-18(9-10)15(21)17-11-5-6-12(16)13(8-11)19(22)23/h5-6,8,10H,2-4,7,9H2,1H3,(H,17,21)/t10-/m1/s1. The van der Waals surface area contributed by atoms with E-state index in [1.807, 2.05) is 0 Å². The zero-order valence-corrected chi connectivity index (χ0v) is 13.9. The van der Waals surface area contributed by atoms with Crippen molar-refractivity contribution >= 4 is 35.0 Å². The third-order valence-electron chi connectivity index (χ3n) is 3.72. The van der Waals surface area contributed by atoms with Crippen LogP contribution in [0.2, 0.25) is 5.02 Å². The van der Waals surface area contributed by atoms with Crippen molar-refractivity contribution in [2.45, 2.75) is 19.8 Å². The Kier molecular flexibility index (Phi) is 5.97. The van der Waals surface area contributed by atoms with Crippen LogP contribution in [-0.2, 0) is 9.53 Å². The number of esters is 1. The maximum absolute atomic E-state index is 12.3. The highest BCUT2D eigenvalue weighted by molar-refractivity contribution is 6.32. The Morgan fingerprint density at radius 1 is 1.50 bits per heavy atom. The third kappa shape index (κ3) is 4.35. The average molecular weight is 356 g/mol. The van der Waals surface area contributed by atoms with E-state index >= 15 is 0 Å². The van der Waals surface area contributed by atoms with Gasteiger partial charge in [-0.15, -0.1) is 0 Å². The van der Waals surface area contributed by atoms with Gasteiger partial charge in [0.2, 0.25) is 0 Å². The van der Waals surface area contributed by atoms with Crippen LogP contribution in [-0.4, -0.2) is 41.5 Å². The number of nitro benzene ring substituents is 1. The third-order valence-corrected chi connectivity index (χ3v) is 4.04. The number of hydrogen-bond acceptors (Lipinski definition) is 5. The lowest BCUT2D eigenvalue weighted by Gasteiger charge is -2.31. The molecule has 8 nitrogen and oxygen atoms in total. The lowest BCUT2D eigenvalue weighted by molar-refractivity contribution is -0.384. The molecule has 2 amide bonds. The summed E-state index contributed by atoms with van der Waals surface area (Å²) in [5, 5.41) is 13.5. The number of halogens is 1. The van der Waals surface area contributed by atoms with Crippen LogP contribution in [0.3, 0.4) is 0 Å². The molecule has 0 spiro atoms. The molecule has 1 N–H and O–H groups in total. The van der Waals surface area contributed by atoms with Gasteiger partial charge in [-0.25, -0.2) is 4.79 Å². The van der Waals surface area contributed by atoms with E-state index in [4.69, 9.17) is 16.3 Å². The molecule has 24 heavy (non-hydrogen) atoms. The molecule has 1 saturated heterocycles. The maximum atomic E-state index is 12.3. The molecule has 1 fully saturated rings. The first-order valence-corrected chi connectivity index (χ1v) is 7.96. The summed E-state index contributed by atoms with van der Waals surface area (Å²) in [7, 11) is 0. The fraction of sp³-hybridized carbons (Fsp3) is 0.467. The monoisotopic (exact) mass is 355 g/mol. The number of likely N-dealkylation sites (tertiary alicyclic amines) is 1. The number of rotatable bonds is 4. The Morgan fingerprint density at radius 3 is 2.92 bits per heavy atom. The predicted molar refractivity (Wildman–Crippen MR) is 88.1 cm³/mol. The van der Waals surface area contributed by atoms with Crippen LogP contribution >= 0.6 is 11.6 Å². The summed E-state index contributed by atoms with van der Waals surface area (Å²) >= 11 is 5.74.